The minimum Gasteiger partial charge on any atom is -0.464 e. The molecule has 9 heteroatoms. The molecular weight excluding hydrogens is 576 g/mol. The molecule has 2 aromatic heterocycles. The Labute approximate surface area is 255 Å². The highest BCUT2D eigenvalue weighted by Gasteiger charge is 2.39. The summed E-state index contributed by atoms with van der Waals surface area (Å²) in [4.78, 5) is 20.7. The van der Waals surface area contributed by atoms with Crippen LogP contribution in [-0.4, -0.2) is 44.3 Å². The maximum absolute atomic E-state index is 12.8. The van der Waals surface area contributed by atoms with Gasteiger partial charge in [-0.3, -0.25) is 4.18 Å². The lowest BCUT2D eigenvalue weighted by Crippen LogP contribution is -2.35. The molecule has 222 valence electrons. The monoisotopic (exact) mass is 606 g/mol. The van der Waals surface area contributed by atoms with Crippen LogP contribution in [0, 0.1) is 0 Å². The van der Waals surface area contributed by atoms with Crippen LogP contribution in [0.2, 0.25) is 0 Å². The fourth-order valence-corrected chi connectivity index (χ4v) is 6.21. The second-order valence-electron chi connectivity index (χ2n) is 10.4. The smallest absolute Gasteiger partial charge is 0.356 e. The molecule has 0 fully saturated rings. The maximum Gasteiger partial charge on any atom is 0.356 e. The van der Waals surface area contributed by atoms with Crippen molar-refractivity contribution in [1.29, 1.82) is 0 Å². The number of H-pyrrole nitrogens is 1. The van der Waals surface area contributed by atoms with Gasteiger partial charge in [0.1, 0.15) is 17.4 Å². The van der Waals surface area contributed by atoms with Crippen LogP contribution in [-0.2, 0) is 29.4 Å². The molecule has 44 heavy (non-hydrogen) atoms. The van der Waals surface area contributed by atoms with Crippen molar-refractivity contribution in [1.82, 2.24) is 9.97 Å². The average molecular weight is 607 g/mol. The fraction of sp³-hybridized carbons (Fsp3) is 0.143. The van der Waals surface area contributed by atoms with Crippen molar-refractivity contribution >= 4 is 37.9 Å². The number of fused-ring (bicyclic) bond motifs is 3. The molecule has 0 aliphatic rings. The number of nitrogens with zero attached hydrogens (tertiary/aromatic N) is 1. The van der Waals surface area contributed by atoms with Gasteiger partial charge in [-0.15, -0.1) is 0 Å². The zero-order valence-electron chi connectivity index (χ0n) is 24.1. The highest BCUT2D eigenvalue weighted by Crippen LogP contribution is 2.42. The normalized spacial score (nSPS) is 12.8. The first-order chi connectivity index (χ1) is 21.3. The van der Waals surface area contributed by atoms with E-state index in [4.69, 9.17) is 13.7 Å². The number of para-hydroxylation sites is 1. The topological polar surface area (TPSA) is 108 Å². The van der Waals surface area contributed by atoms with Crippen molar-refractivity contribution in [3.63, 3.8) is 0 Å². The number of hydrogen-bond donors (Lipinski definition) is 1. The first-order valence-corrected chi connectivity index (χ1v) is 15.8. The number of hydrogen-bond acceptors (Lipinski definition) is 7. The minimum absolute atomic E-state index is 0.0160. The molecule has 0 amide bonds. The average Bonchev–Trinajstić information content (AvgIpc) is 3.43. The number of rotatable bonds is 10. The Kier molecular flexibility index (Phi) is 8.01. The molecule has 1 N–H and O–H groups in total. The largest absolute Gasteiger partial charge is 0.464 e. The molecule has 8 nitrogen and oxygen atoms in total. The summed E-state index contributed by atoms with van der Waals surface area (Å²) in [5.41, 5.74) is 2.89. The van der Waals surface area contributed by atoms with E-state index in [1.54, 1.807) is 6.07 Å². The Morgan fingerprint density at radius 2 is 1.32 bits per heavy atom. The Hall–Kier alpha value is -4.83. The number of benzene rings is 4. The Bertz CT molecular complexity index is 1930. The third-order valence-electron chi connectivity index (χ3n) is 7.51. The standard InChI is InChI=1S/C35H30N2O6S/c1-41-34(38)30-22-28-27-20-12-13-21-29(27)36-32(28)33(37-30)31(43-44(2,39)40)23-42-35(24-14-6-3-7-15-24,25-16-8-4-9-17-25)26-18-10-5-11-19-26/h3-22,31,36H,23H2,1-2H3/t31-/m1/s1. The summed E-state index contributed by atoms with van der Waals surface area (Å²) < 4.78 is 43.1. The van der Waals surface area contributed by atoms with Gasteiger partial charge in [0, 0.05) is 16.3 Å². The summed E-state index contributed by atoms with van der Waals surface area (Å²) in [7, 11) is -2.75. The lowest BCUT2D eigenvalue weighted by molar-refractivity contribution is -0.0303. The van der Waals surface area contributed by atoms with Gasteiger partial charge in [-0.2, -0.15) is 8.42 Å². The molecule has 0 aliphatic carbocycles. The van der Waals surface area contributed by atoms with E-state index in [2.05, 4.69) is 9.97 Å². The van der Waals surface area contributed by atoms with Gasteiger partial charge in [-0.1, -0.05) is 109 Å². The lowest BCUT2D eigenvalue weighted by atomic mass is 9.80. The van der Waals surface area contributed by atoms with Crippen molar-refractivity contribution in [3.8, 4) is 0 Å². The zero-order chi connectivity index (χ0) is 30.7. The fourth-order valence-electron chi connectivity index (χ4n) is 5.64. The van der Waals surface area contributed by atoms with Gasteiger partial charge in [0.15, 0.2) is 0 Å². The molecule has 0 spiro atoms. The van der Waals surface area contributed by atoms with Crippen molar-refractivity contribution in [2.24, 2.45) is 0 Å². The predicted molar refractivity (Wildman–Crippen MR) is 169 cm³/mol. The van der Waals surface area contributed by atoms with E-state index in [9.17, 15) is 13.2 Å². The highest BCUT2D eigenvalue weighted by atomic mass is 32.2. The van der Waals surface area contributed by atoms with E-state index < -0.39 is 27.8 Å². The van der Waals surface area contributed by atoms with Crippen LogP contribution in [0.5, 0.6) is 0 Å². The van der Waals surface area contributed by atoms with Crippen LogP contribution < -0.4 is 0 Å². The molecule has 6 rings (SSSR count). The number of methoxy groups -OCH3 is 1. The van der Waals surface area contributed by atoms with E-state index in [1.165, 1.54) is 7.11 Å². The molecule has 2 heterocycles. The van der Waals surface area contributed by atoms with Gasteiger partial charge < -0.3 is 14.5 Å². The number of carbonyl (C=O) groups excluding carboxylic acids is 1. The van der Waals surface area contributed by atoms with Gasteiger partial charge in [-0.25, -0.2) is 9.78 Å². The van der Waals surface area contributed by atoms with Crippen molar-refractivity contribution in [3.05, 3.63) is 149 Å². The van der Waals surface area contributed by atoms with Gasteiger partial charge in [0.25, 0.3) is 10.1 Å². The Morgan fingerprint density at radius 3 is 1.84 bits per heavy atom. The van der Waals surface area contributed by atoms with Crippen molar-refractivity contribution in [2.75, 3.05) is 20.0 Å². The Morgan fingerprint density at radius 1 is 0.795 bits per heavy atom. The molecule has 4 aromatic carbocycles. The van der Waals surface area contributed by atoms with Crippen LogP contribution in [0.25, 0.3) is 21.8 Å². The number of carbonyl (C=O) groups is 1. The van der Waals surface area contributed by atoms with Crippen molar-refractivity contribution < 1.29 is 26.9 Å². The van der Waals surface area contributed by atoms with E-state index >= 15 is 0 Å². The van der Waals surface area contributed by atoms with E-state index in [1.807, 2.05) is 115 Å². The summed E-state index contributed by atoms with van der Waals surface area (Å²) in [5, 5.41) is 1.51. The number of aromatic nitrogens is 2. The number of esters is 1. The first kappa shape index (κ1) is 29.3. The van der Waals surface area contributed by atoms with Crippen LogP contribution in [0.15, 0.2) is 121 Å². The van der Waals surface area contributed by atoms with Gasteiger partial charge in [0.05, 0.1) is 31.2 Å². The molecule has 6 aromatic rings. The van der Waals surface area contributed by atoms with Crippen LogP contribution in [0.1, 0.15) is 39.0 Å². The Balaban J connectivity index is 1.56. The highest BCUT2D eigenvalue weighted by molar-refractivity contribution is 7.86. The van der Waals surface area contributed by atoms with Gasteiger partial charge in [0.2, 0.25) is 0 Å². The van der Waals surface area contributed by atoms with Gasteiger partial charge >= 0.3 is 5.97 Å². The summed E-state index contributed by atoms with van der Waals surface area (Å²) >= 11 is 0. The molecule has 0 aliphatic heterocycles. The van der Waals surface area contributed by atoms with E-state index in [-0.39, 0.29) is 18.0 Å². The zero-order valence-corrected chi connectivity index (χ0v) is 25.0. The molecule has 0 bridgehead atoms. The lowest BCUT2D eigenvalue weighted by Gasteiger charge is -2.37. The summed E-state index contributed by atoms with van der Waals surface area (Å²) in [5.74, 6) is -0.662. The van der Waals surface area contributed by atoms with E-state index in [0.717, 1.165) is 33.8 Å². The maximum atomic E-state index is 12.8. The number of ether oxygens (including phenoxy) is 2. The minimum atomic E-state index is -4.02. The first-order valence-electron chi connectivity index (χ1n) is 14.0. The molecule has 1 atom stereocenters. The summed E-state index contributed by atoms with van der Waals surface area (Å²) in [6, 6.07) is 38.4. The third-order valence-corrected chi connectivity index (χ3v) is 8.09. The van der Waals surface area contributed by atoms with Crippen LogP contribution in [0.4, 0.5) is 0 Å². The quantitative estimate of drug-likeness (QED) is 0.107. The summed E-state index contributed by atoms with van der Waals surface area (Å²) in [6.07, 6.45) is -0.258. The van der Waals surface area contributed by atoms with E-state index in [0.29, 0.717) is 10.9 Å². The summed E-state index contributed by atoms with van der Waals surface area (Å²) in [6.45, 7) is -0.242. The van der Waals surface area contributed by atoms with Crippen molar-refractivity contribution in [2.45, 2.75) is 11.7 Å². The molecule has 0 saturated carbocycles. The predicted octanol–water partition coefficient (Wildman–Crippen LogP) is 6.53. The van der Waals surface area contributed by atoms with Gasteiger partial charge in [-0.05, 0) is 28.8 Å². The molecule has 0 radical (unpaired) electrons. The van der Waals surface area contributed by atoms with Crippen LogP contribution >= 0.6 is 0 Å². The number of pyridine rings is 1. The second kappa shape index (κ2) is 12.0. The molecule has 0 unspecified atom stereocenters. The second-order valence-corrected chi connectivity index (χ2v) is 12.0. The molecule has 0 saturated heterocycles. The number of nitrogens with one attached hydrogen (secondary N) is 1. The van der Waals surface area contributed by atoms with Crippen LogP contribution in [0.3, 0.4) is 0 Å². The third kappa shape index (κ3) is 5.60. The molecular formula is C35H30N2O6S. The SMILES string of the molecule is COC(=O)c1cc2c([nH]c3ccccc32)c([C@@H](COC(c2ccccc2)(c2ccccc2)c2ccccc2)OS(C)(=O)=O)n1. The number of aromatic amines is 1.